The monoisotopic (exact) mass is 582 g/mol. The fourth-order valence-corrected chi connectivity index (χ4v) is 4.58. The predicted molar refractivity (Wildman–Crippen MR) is 121 cm³/mol. The summed E-state index contributed by atoms with van der Waals surface area (Å²) in [7, 11) is 0. The van der Waals surface area contributed by atoms with Crippen LogP contribution in [0.1, 0.15) is 11.1 Å². The molecule has 1 heterocycles. The second-order valence-electron chi connectivity index (χ2n) is 5.42. The van der Waals surface area contributed by atoms with E-state index in [1.807, 2.05) is 6.07 Å². The van der Waals surface area contributed by atoms with Gasteiger partial charge in [-0.05, 0) is 61.2 Å². The fourth-order valence-electron chi connectivity index (χ4n) is 2.16. The SMILES string of the molecule is C=CC(=O)Oc1c(Br)cc(Br)cc1Br.C=Cc1cccc(C2=CC(=O)OC2=O)c1. The van der Waals surface area contributed by atoms with Gasteiger partial charge in [-0.25, -0.2) is 14.4 Å². The molecule has 1 aliphatic heterocycles. The molecule has 1 aliphatic rings. The van der Waals surface area contributed by atoms with Crippen LogP contribution in [-0.4, -0.2) is 17.9 Å². The Morgan fingerprint density at radius 1 is 1.03 bits per heavy atom. The summed E-state index contributed by atoms with van der Waals surface area (Å²) in [6.45, 7) is 6.95. The van der Waals surface area contributed by atoms with Gasteiger partial charge in [-0.15, -0.1) is 0 Å². The lowest BCUT2D eigenvalue weighted by molar-refractivity contribution is -0.149. The average Bonchev–Trinajstić information content (AvgIpc) is 3.03. The van der Waals surface area contributed by atoms with Gasteiger partial charge in [-0.2, -0.15) is 0 Å². The quantitative estimate of drug-likeness (QED) is 0.195. The van der Waals surface area contributed by atoms with Crippen molar-refractivity contribution in [1.29, 1.82) is 0 Å². The van der Waals surface area contributed by atoms with Gasteiger partial charge in [0.05, 0.1) is 14.5 Å². The highest BCUT2D eigenvalue weighted by Crippen LogP contribution is 2.36. The second kappa shape index (κ2) is 10.5. The highest BCUT2D eigenvalue weighted by Gasteiger charge is 2.24. The number of rotatable bonds is 4. The summed E-state index contributed by atoms with van der Waals surface area (Å²) in [6.07, 6.45) is 3.98. The molecule has 0 aromatic heterocycles. The topological polar surface area (TPSA) is 69.7 Å². The maximum atomic E-state index is 11.2. The molecule has 0 bridgehead atoms. The molecule has 3 rings (SSSR count). The van der Waals surface area contributed by atoms with Gasteiger partial charge in [-0.3, -0.25) is 0 Å². The summed E-state index contributed by atoms with van der Waals surface area (Å²) in [6, 6.07) is 10.8. The summed E-state index contributed by atoms with van der Waals surface area (Å²) >= 11 is 9.88. The van der Waals surface area contributed by atoms with Crippen LogP contribution in [0.25, 0.3) is 11.6 Å². The standard InChI is InChI=1S/C12H8O3.C9H5Br3O2/c1-2-8-4-3-5-9(6-8)10-7-11(13)15-12(10)14;1-2-8(13)14-9-6(11)3-5(10)4-7(9)12/h2-7H,1H2;2-4H,1H2. The van der Waals surface area contributed by atoms with Crippen molar-refractivity contribution in [2.45, 2.75) is 0 Å². The van der Waals surface area contributed by atoms with Gasteiger partial charge >= 0.3 is 17.9 Å². The molecule has 148 valence electrons. The smallest absolute Gasteiger partial charge is 0.346 e. The van der Waals surface area contributed by atoms with Crippen LogP contribution in [-0.2, 0) is 19.1 Å². The number of ether oxygens (including phenoxy) is 2. The van der Waals surface area contributed by atoms with E-state index >= 15 is 0 Å². The summed E-state index contributed by atoms with van der Waals surface area (Å²) in [5, 5.41) is 0. The fraction of sp³-hybridized carbons (Fsp3) is 0. The van der Waals surface area contributed by atoms with Gasteiger partial charge in [-0.1, -0.05) is 53.4 Å². The summed E-state index contributed by atoms with van der Waals surface area (Å²) in [4.78, 5) is 33.1. The molecule has 0 N–H and O–H groups in total. The van der Waals surface area contributed by atoms with Crippen molar-refractivity contribution in [2.75, 3.05) is 0 Å². The van der Waals surface area contributed by atoms with Crippen molar-refractivity contribution >= 4 is 77.3 Å². The first-order valence-corrected chi connectivity index (χ1v) is 10.3. The van der Waals surface area contributed by atoms with Gasteiger partial charge in [0.15, 0.2) is 5.75 Å². The molecule has 8 heteroatoms. The van der Waals surface area contributed by atoms with E-state index in [1.165, 1.54) is 6.08 Å². The summed E-state index contributed by atoms with van der Waals surface area (Å²) in [5.74, 6) is -1.26. The van der Waals surface area contributed by atoms with Crippen molar-refractivity contribution in [3.8, 4) is 5.75 Å². The zero-order chi connectivity index (χ0) is 21.6. The molecule has 0 unspecified atom stereocenters. The van der Waals surface area contributed by atoms with E-state index in [0.717, 1.165) is 16.1 Å². The predicted octanol–water partition coefficient (Wildman–Crippen LogP) is 5.86. The molecule has 5 nitrogen and oxygen atoms in total. The Hall–Kier alpha value is -2.29. The molecule has 0 spiro atoms. The Morgan fingerprint density at radius 2 is 1.69 bits per heavy atom. The van der Waals surface area contributed by atoms with Crippen LogP contribution in [0.15, 0.2) is 75.1 Å². The maximum Gasteiger partial charge on any atom is 0.346 e. The molecular formula is C21H13Br3O5. The largest absolute Gasteiger partial charge is 0.421 e. The van der Waals surface area contributed by atoms with E-state index in [2.05, 4.69) is 65.7 Å². The van der Waals surface area contributed by atoms with Gasteiger partial charge in [0.25, 0.3) is 0 Å². The van der Waals surface area contributed by atoms with Crippen molar-refractivity contribution < 1.29 is 23.9 Å². The lowest BCUT2D eigenvalue weighted by Crippen LogP contribution is -2.04. The number of cyclic esters (lactones) is 2. The molecule has 0 saturated carbocycles. The number of carbonyl (C=O) groups is 3. The maximum absolute atomic E-state index is 11.2. The van der Waals surface area contributed by atoms with Crippen molar-refractivity contribution in [3.63, 3.8) is 0 Å². The molecule has 2 aromatic carbocycles. The Balaban J connectivity index is 0.000000208. The van der Waals surface area contributed by atoms with Crippen molar-refractivity contribution in [1.82, 2.24) is 0 Å². The third-order valence-corrected chi connectivity index (χ3v) is 5.08. The number of halogens is 3. The number of benzene rings is 2. The van der Waals surface area contributed by atoms with Crippen LogP contribution in [0.2, 0.25) is 0 Å². The number of hydrogen-bond donors (Lipinski definition) is 0. The second-order valence-corrected chi connectivity index (χ2v) is 8.04. The van der Waals surface area contributed by atoms with E-state index in [0.29, 0.717) is 25.8 Å². The lowest BCUT2D eigenvalue weighted by atomic mass is 10.0. The van der Waals surface area contributed by atoms with E-state index in [9.17, 15) is 14.4 Å². The Bertz CT molecular complexity index is 1020. The van der Waals surface area contributed by atoms with Crippen molar-refractivity contribution in [2.24, 2.45) is 0 Å². The zero-order valence-corrected chi connectivity index (χ0v) is 19.5. The van der Waals surface area contributed by atoms with Crippen LogP contribution in [0.5, 0.6) is 5.75 Å². The Kier molecular flexibility index (Phi) is 8.31. The lowest BCUT2D eigenvalue weighted by Gasteiger charge is -2.06. The van der Waals surface area contributed by atoms with Crippen LogP contribution in [0.4, 0.5) is 0 Å². The van der Waals surface area contributed by atoms with Gasteiger partial charge in [0, 0.05) is 16.6 Å². The van der Waals surface area contributed by atoms with Crippen LogP contribution in [0, 0.1) is 0 Å². The first-order valence-electron chi connectivity index (χ1n) is 7.94. The van der Waals surface area contributed by atoms with Crippen molar-refractivity contribution in [3.05, 3.63) is 86.3 Å². The molecular weight excluding hydrogens is 572 g/mol. The molecule has 0 aliphatic carbocycles. The summed E-state index contributed by atoms with van der Waals surface area (Å²) in [5.41, 5.74) is 1.85. The molecule has 0 saturated heterocycles. The number of hydrogen-bond acceptors (Lipinski definition) is 5. The summed E-state index contributed by atoms with van der Waals surface area (Å²) < 4.78 is 11.7. The Morgan fingerprint density at radius 3 is 2.21 bits per heavy atom. The van der Waals surface area contributed by atoms with Crippen LogP contribution in [0.3, 0.4) is 0 Å². The zero-order valence-electron chi connectivity index (χ0n) is 14.8. The minimum absolute atomic E-state index is 0.295. The van der Waals surface area contributed by atoms with E-state index < -0.39 is 17.9 Å². The van der Waals surface area contributed by atoms with Crippen LogP contribution >= 0.6 is 47.8 Å². The van der Waals surface area contributed by atoms with Crippen LogP contribution < -0.4 is 4.74 Å². The van der Waals surface area contributed by atoms with Gasteiger partial charge < -0.3 is 9.47 Å². The average molecular weight is 585 g/mol. The number of carbonyl (C=O) groups excluding carboxylic acids is 3. The highest BCUT2D eigenvalue weighted by molar-refractivity contribution is 9.11. The highest BCUT2D eigenvalue weighted by atomic mass is 79.9. The van der Waals surface area contributed by atoms with E-state index in [-0.39, 0.29) is 0 Å². The first-order chi connectivity index (χ1) is 13.7. The first kappa shape index (κ1) is 23.0. The molecule has 0 atom stereocenters. The molecule has 0 fully saturated rings. The molecule has 29 heavy (non-hydrogen) atoms. The molecule has 0 radical (unpaired) electrons. The molecule has 0 amide bonds. The van der Waals surface area contributed by atoms with E-state index in [4.69, 9.17) is 4.74 Å². The minimum atomic E-state index is -0.612. The third kappa shape index (κ3) is 6.35. The van der Waals surface area contributed by atoms with E-state index in [1.54, 1.807) is 36.4 Å². The molecule has 2 aromatic rings. The van der Waals surface area contributed by atoms with Gasteiger partial charge in [0.2, 0.25) is 0 Å². The third-order valence-electron chi connectivity index (χ3n) is 3.44. The Labute approximate surface area is 192 Å². The number of esters is 3. The normalized spacial score (nSPS) is 12.3. The minimum Gasteiger partial charge on any atom is -0.421 e. The van der Waals surface area contributed by atoms with Gasteiger partial charge in [0.1, 0.15) is 0 Å².